The molecule has 0 spiro atoms. The summed E-state index contributed by atoms with van der Waals surface area (Å²) >= 11 is 0. The fourth-order valence-electron chi connectivity index (χ4n) is 4.23. The van der Waals surface area contributed by atoms with Gasteiger partial charge in [-0.05, 0) is 64.0 Å². The highest BCUT2D eigenvalue weighted by atomic mass is 16.5. The Morgan fingerprint density at radius 2 is 1.67 bits per heavy atom. The molecule has 0 bridgehead atoms. The highest BCUT2D eigenvalue weighted by molar-refractivity contribution is 5.31. The number of hydrogen-bond donors (Lipinski definition) is 2. The van der Waals surface area contributed by atoms with E-state index < -0.39 is 0 Å². The summed E-state index contributed by atoms with van der Waals surface area (Å²) in [7, 11) is 5.81. The van der Waals surface area contributed by atoms with Crippen molar-refractivity contribution in [1.82, 2.24) is 20.4 Å². The molecule has 0 amide bonds. The minimum Gasteiger partial charge on any atom is -0.491 e. The zero-order valence-electron chi connectivity index (χ0n) is 20.3. The van der Waals surface area contributed by atoms with Gasteiger partial charge in [0.05, 0.1) is 25.0 Å². The van der Waals surface area contributed by atoms with Gasteiger partial charge in [-0.2, -0.15) is 5.10 Å². The number of H-pyrrole nitrogens is 1. The highest BCUT2D eigenvalue weighted by Crippen LogP contribution is 2.34. The van der Waals surface area contributed by atoms with Crippen LogP contribution in [-0.4, -0.2) is 81.9 Å². The zero-order valence-corrected chi connectivity index (χ0v) is 20.3. The fourth-order valence-corrected chi connectivity index (χ4v) is 4.23. The number of methoxy groups -OCH3 is 1. The molecule has 8 nitrogen and oxygen atoms in total. The van der Waals surface area contributed by atoms with E-state index in [1.807, 2.05) is 31.3 Å². The summed E-state index contributed by atoms with van der Waals surface area (Å²) in [6.07, 6.45) is 6.74. The molecule has 1 aliphatic carbocycles. The Morgan fingerprint density at radius 3 is 2.30 bits per heavy atom. The monoisotopic (exact) mass is 460 g/mol. The molecule has 1 aliphatic rings. The highest BCUT2D eigenvalue weighted by Gasteiger charge is 2.26. The van der Waals surface area contributed by atoms with Gasteiger partial charge in [-0.15, -0.1) is 0 Å². The molecule has 0 saturated heterocycles. The molecule has 0 radical (unpaired) electrons. The molecular formula is C25H40N4O4. The van der Waals surface area contributed by atoms with Gasteiger partial charge in [0.1, 0.15) is 24.7 Å². The Morgan fingerprint density at radius 1 is 1.00 bits per heavy atom. The van der Waals surface area contributed by atoms with E-state index in [1.165, 1.54) is 11.3 Å². The van der Waals surface area contributed by atoms with Crippen LogP contribution in [0.1, 0.15) is 42.9 Å². The summed E-state index contributed by atoms with van der Waals surface area (Å²) in [5, 5.41) is 10.9. The van der Waals surface area contributed by atoms with Gasteiger partial charge in [0.2, 0.25) is 0 Å². The zero-order chi connectivity index (χ0) is 23.3. The van der Waals surface area contributed by atoms with Gasteiger partial charge in [-0.1, -0.05) is 0 Å². The van der Waals surface area contributed by atoms with Crippen LogP contribution in [0.15, 0.2) is 30.5 Å². The van der Waals surface area contributed by atoms with Crippen LogP contribution in [-0.2, 0) is 16.0 Å². The average Bonchev–Trinajstić information content (AvgIpc) is 3.30. The number of hydrogen-bond acceptors (Lipinski definition) is 7. The molecule has 2 N–H and O–H groups in total. The second-order valence-corrected chi connectivity index (χ2v) is 8.64. The van der Waals surface area contributed by atoms with Gasteiger partial charge in [0, 0.05) is 44.4 Å². The van der Waals surface area contributed by atoms with Crippen molar-refractivity contribution in [3.8, 4) is 11.5 Å². The number of rotatable bonds is 15. The van der Waals surface area contributed by atoms with Crippen molar-refractivity contribution in [2.45, 2.75) is 44.2 Å². The van der Waals surface area contributed by atoms with E-state index in [0.717, 1.165) is 56.8 Å². The second kappa shape index (κ2) is 14.2. The molecule has 0 aliphatic heterocycles. The predicted molar refractivity (Wildman–Crippen MR) is 129 cm³/mol. The van der Waals surface area contributed by atoms with E-state index in [2.05, 4.69) is 33.7 Å². The van der Waals surface area contributed by atoms with E-state index in [-0.39, 0.29) is 0 Å². The number of aromatic nitrogens is 2. The first-order valence-electron chi connectivity index (χ1n) is 12.0. The molecule has 1 aromatic carbocycles. The minimum absolute atomic E-state index is 0.308. The van der Waals surface area contributed by atoms with Crippen molar-refractivity contribution >= 4 is 0 Å². The maximum atomic E-state index is 6.09. The third-order valence-electron chi connectivity index (χ3n) is 6.08. The maximum Gasteiger partial charge on any atom is 0.119 e. The molecular weight excluding hydrogens is 420 g/mol. The minimum atomic E-state index is 0.308. The van der Waals surface area contributed by atoms with Crippen LogP contribution in [0.3, 0.4) is 0 Å². The Labute approximate surface area is 197 Å². The SMILES string of the molecule is CNCCN(C)Cc1c[nH]nc1[C@H]1CC[C@H](OCCOc2ccc(OCCOC)cc2)CC1. The van der Waals surface area contributed by atoms with Gasteiger partial charge in [-0.3, -0.25) is 5.10 Å². The average molecular weight is 461 g/mol. The summed E-state index contributed by atoms with van der Waals surface area (Å²) in [6.45, 7) is 5.22. The summed E-state index contributed by atoms with van der Waals surface area (Å²) in [4.78, 5) is 2.33. The lowest BCUT2D eigenvalue weighted by Crippen LogP contribution is -2.27. The van der Waals surface area contributed by atoms with Crippen molar-refractivity contribution in [3.05, 3.63) is 41.7 Å². The Kier molecular flexibility index (Phi) is 11.0. The lowest BCUT2D eigenvalue weighted by atomic mass is 9.84. The van der Waals surface area contributed by atoms with Crippen molar-refractivity contribution in [3.63, 3.8) is 0 Å². The van der Waals surface area contributed by atoms with Gasteiger partial charge in [0.25, 0.3) is 0 Å². The summed E-state index contributed by atoms with van der Waals surface area (Å²) < 4.78 is 22.5. The van der Waals surface area contributed by atoms with Crippen LogP contribution in [0.25, 0.3) is 0 Å². The largest absolute Gasteiger partial charge is 0.491 e. The molecule has 0 unspecified atom stereocenters. The van der Waals surface area contributed by atoms with Crippen LogP contribution in [0.2, 0.25) is 0 Å². The molecule has 1 fully saturated rings. The van der Waals surface area contributed by atoms with Crippen LogP contribution < -0.4 is 14.8 Å². The van der Waals surface area contributed by atoms with Gasteiger partial charge >= 0.3 is 0 Å². The number of nitrogens with one attached hydrogen (secondary N) is 2. The molecule has 8 heteroatoms. The van der Waals surface area contributed by atoms with Crippen LogP contribution in [0, 0.1) is 0 Å². The first-order chi connectivity index (χ1) is 16.2. The van der Waals surface area contributed by atoms with Crippen LogP contribution in [0.5, 0.6) is 11.5 Å². The lowest BCUT2D eigenvalue weighted by Gasteiger charge is -2.28. The number of aromatic amines is 1. The standard InChI is InChI=1S/C25H40N4O4/c1-26-12-13-29(2)19-21-18-27-28-25(21)20-4-6-22(7-5-20)32-16-17-33-24-10-8-23(9-11-24)31-15-14-30-3/h8-11,18,20,22,26H,4-7,12-17,19H2,1-3H3,(H,27,28)/t20-,22-. The first-order valence-corrected chi connectivity index (χ1v) is 12.0. The smallest absolute Gasteiger partial charge is 0.119 e. The fraction of sp³-hybridized carbons (Fsp3) is 0.640. The molecule has 1 heterocycles. The van der Waals surface area contributed by atoms with Crippen molar-refractivity contribution in [2.24, 2.45) is 0 Å². The molecule has 184 valence electrons. The van der Waals surface area contributed by atoms with Gasteiger partial charge < -0.3 is 29.2 Å². The topological polar surface area (TPSA) is 80.9 Å². The van der Waals surface area contributed by atoms with Crippen LogP contribution >= 0.6 is 0 Å². The Bertz CT molecular complexity index is 775. The Hall–Kier alpha value is -2.13. The molecule has 3 rings (SSSR count). The second-order valence-electron chi connectivity index (χ2n) is 8.64. The third-order valence-corrected chi connectivity index (χ3v) is 6.08. The van der Waals surface area contributed by atoms with E-state index in [1.54, 1.807) is 7.11 Å². The molecule has 1 aromatic heterocycles. The van der Waals surface area contributed by atoms with Crippen molar-refractivity contribution in [1.29, 1.82) is 0 Å². The molecule has 33 heavy (non-hydrogen) atoms. The Balaban J connectivity index is 1.32. The van der Waals surface area contributed by atoms with Crippen molar-refractivity contribution in [2.75, 3.05) is 60.7 Å². The maximum absolute atomic E-state index is 6.09. The van der Waals surface area contributed by atoms with E-state index in [0.29, 0.717) is 38.4 Å². The van der Waals surface area contributed by atoms with Gasteiger partial charge in [-0.25, -0.2) is 0 Å². The number of likely N-dealkylation sites (N-methyl/N-ethyl adjacent to an activating group) is 2. The first kappa shape index (κ1) is 25.5. The summed E-state index contributed by atoms with van der Waals surface area (Å²) in [6, 6.07) is 7.67. The van der Waals surface area contributed by atoms with E-state index >= 15 is 0 Å². The summed E-state index contributed by atoms with van der Waals surface area (Å²) in [5.41, 5.74) is 2.56. The number of benzene rings is 1. The number of ether oxygens (including phenoxy) is 4. The molecule has 2 aromatic rings. The van der Waals surface area contributed by atoms with Crippen LogP contribution in [0.4, 0.5) is 0 Å². The van der Waals surface area contributed by atoms with Crippen molar-refractivity contribution < 1.29 is 18.9 Å². The normalized spacial score (nSPS) is 18.5. The summed E-state index contributed by atoms with van der Waals surface area (Å²) in [5.74, 6) is 2.16. The molecule has 1 saturated carbocycles. The quantitative estimate of drug-likeness (QED) is 0.395. The van der Waals surface area contributed by atoms with E-state index in [4.69, 9.17) is 18.9 Å². The third kappa shape index (κ3) is 8.62. The number of nitrogens with zero attached hydrogens (tertiary/aromatic N) is 2. The van der Waals surface area contributed by atoms with Gasteiger partial charge in [0.15, 0.2) is 0 Å². The molecule has 0 atom stereocenters. The lowest BCUT2D eigenvalue weighted by molar-refractivity contribution is 0.00949. The predicted octanol–water partition coefficient (Wildman–Crippen LogP) is 3.21. The van der Waals surface area contributed by atoms with E-state index in [9.17, 15) is 0 Å².